The number of ether oxygens (including phenoxy) is 1. The number of H-pyrrole nitrogens is 1. The average molecular weight is 491 g/mol. The maximum atomic E-state index is 14.1. The summed E-state index contributed by atoms with van der Waals surface area (Å²) in [6.07, 6.45) is 3.20. The number of methoxy groups -OCH3 is 1. The van der Waals surface area contributed by atoms with E-state index in [9.17, 15) is 14.0 Å². The van der Waals surface area contributed by atoms with Gasteiger partial charge in [-0.3, -0.25) is 13.9 Å². The van der Waals surface area contributed by atoms with Gasteiger partial charge in [0.05, 0.1) is 12.7 Å². The van der Waals surface area contributed by atoms with Gasteiger partial charge in [0, 0.05) is 19.5 Å². The molecule has 3 aromatic heterocycles. The number of aryl methyl sites for hydroxylation is 2. The highest BCUT2D eigenvalue weighted by Crippen LogP contribution is 2.26. The molecule has 34 heavy (non-hydrogen) atoms. The molecule has 0 aliphatic rings. The molecule has 0 aliphatic carbocycles. The van der Waals surface area contributed by atoms with E-state index in [4.69, 9.17) is 20.9 Å². The van der Waals surface area contributed by atoms with Crippen molar-refractivity contribution in [1.29, 1.82) is 0 Å². The van der Waals surface area contributed by atoms with Gasteiger partial charge in [-0.05, 0) is 49.1 Å². The molecule has 0 spiro atoms. The Balaban J connectivity index is 1.46. The summed E-state index contributed by atoms with van der Waals surface area (Å²) in [5.41, 5.74) is -0.228. The first-order valence-corrected chi connectivity index (χ1v) is 11.4. The fourth-order valence-electron chi connectivity index (χ4n) is 3.67. The van der Waals surface area contributed by atoms with Crippen LogP contribution in [0.15, 0.2) is 32.3 Å². The topological polar surface area (TPSA) is 121 Å². The van der Waals surface area contributed by atoms with Gasteiger partial charge in [-0.15, -0.1) is 0 Å². The molecule has 180 valence electrons. The fraction of sp³-hybridized carbons (Fsp3) is 0.409. The van der Waals surface area contributed by atoms with Crippen molar-refractivity contribution < 1.29 is 13.7 Å². The summed E-state index contributed by atoms with van der Waals surface area (Å²) in [6.45, 7) is 2.67. The third-order valence-corrected chi connectivity index (χ3v) is 5.65. The lowest BCUT2D eigenvalue weighted by atomic mass is 10.2. The fourth-order valence-corrected chi connectivity index (χ4v) is 3.84. The number of hydrogen-bond acceptors (Lipinski definition) is 7. The van der Waals surface area contributed by atoms with Crippen LogP contribution in [0.5, 0.6) is 5.75 Å². The van der Waals surface area contributed by atoms with Crippen LogP contribution >= 0.6 is 11.6 Å². The zero-order valence-corrected chi connectivity index (χ0v) is 19.6. The molecule has 0 unspecified atom stereocenters. The second-order valence-electron chi connectivity index (χ2n) is 7.79. The van der Waals surface area contributed by atoms with Crippen LogP contribution in [-0.4, -0.2) is 36.4 Å². The normalized spacial score (nSPS) is 11.4. The summed E-state index contributed by atoms with van der Waals surface area (Å²) in [5, 5.41) is 3.97. The SMILES string of the molecule is CCCCn1c(=O)n(CCCCc2noc(-c3cc(OC)ccc3F)n2)c(=O)c2[nH]c(Cl)nc21. The zero-order chi connectivity index (χ0) is 24.2. The predicted molar refractivity (Wildman–Crippen MR) is 124 cm³/mol. The van der Waals surface area contributed by atoms with E-state index < -0.39 is 17.1 Å². The van der Waals surface area contributed by atoms with Crippen molar-refractivity contribution in [3.8, 4) is 17.2 Å². The molecule has 10 nitrogen and oxygen atoms in total. The third-order valence-electron chi connectivity index (χ3n) is 5.47. The Morgan fingerprint density at radius 1 is 1.15 bits per heavy atom. The molecule has 3 heterocycles. The van der Waals surface area contributed by atoms with Crippen LogP contribution in [0.25, 0.3) is 22.6 Å². The molecule has 0 saturated carbocycles. The second kappa shape index (κ2) is 10.2. The van der Waals surface area contributed by atoms with E-state index in [1.807, 2.05) is 6.92 Å². The number of imidazole rings is 1. The van der Waals surface area contributed by atoms with E-state index in [0.29, 0.717) is 37.4 Å². The van der Waals surface area contributed by atoms with E-state index >= 15 is 0 Å². The van der Waals surface area contributed by atoms with E-state index in [2.05, 4.69) is 20.1 Å². The maximum absolute atomic E-state index is 14.1. The Bertz CT molecular complexity index is 1420. The molecule has 1 aromatic carbocycles. The Hall–Kier alpha value is -3.47. The van der Waals surface area contributed by atoms with Crippen molar-refractivity contribution in [3.63, 3.8) is 0 Å². The second-order valence-corrected chi connectivity index (χ2v) is 8.15. The Labute approximate surface area is 198 Å². The molecule has 12 heteroatoms. The van der Waals surface area contributed by atoms with Crippen LogP contribution in [0, 0.1) is 5.82 Å². The Morgan fingerprint density at radius 2 is 1.94 bits per heavy atom. The van der Waals surface area contributed by atoms with Crippen LogP contribution in [-0.2, 0) is 19.5 Å². The molecule has 0 amide bonds. The van der Waals surface area contributed by atoms with Gasteiger partial charge in [-0.25, -0.2) is 9.18 Å². The standard InChI is InChI=1S/C22H24ClFN6O4/c1-3-4-10-29-18-17(26-21(23)27-18)20(31)30(22(29)32)11-6-5-7-16-25-19(34-28-16)14-12-13(33-2)8-9-15(14)24/h8-9,12H,3-7,10-11H2,1-2H3,(H,26,27). The summed E-state index contributed by atoms with van der Waals surface area (Å²) in [7, 11) is 1.48. The van der Waals surface area contributed by atoms with Crippen LogP contribution in [0.1, 0.15) is 38.4 Å². The van der Waals surface area contributed by atoms with Crippen molar-refractivity contribution >= 4 is 22.8 Å². The number of benzene rings is 1. The number of aromatic nitrogens is 6. The molecule has 4 aromatic rings. The molecule has 0 radical (unpaired) electrons. The number of hydrogen-bond donors (Lipinski definition) is 1. The first-order valence-electron chi connectivity index (χ1n) is 11.0. The summed E-state index contributed by atoms with van der Waals surface area (Å²) < 4.78 is 27.1. The van der Waals surface area contributed by atoms with Crippen molar-refractivity contribution in [2.24, 2.45) is 0 Å². The quantitative estimate of drug-likeness (QED) is 0.266. The molecule has 0 bridgehead atoms. The van der Waals surface area contributed by atoms with E-state index in [1.165, 1.54) is 34.4 Å². The van der Waals surface area contributed by atoms with Crippen molar-refractivity contribution in [3.05, 3.63) is 56.0 Å². The molecule has 0 atom stereocenters. The van der Waals surface area contributed by atoms with Gasteiger partial charge in [0.25, 0.3) is 11.4 Å². The van der Waals surface area contributed by atoms with Crippen molar-refractivity contribution in [2.75, 3.05) is 7.11 Å². The monoisotopic (exact) mass is 490 g/mol. The summed E-state index contributed by atoms with van der Waals surface area (Å²) in [6, 6.07) is 4.26. The number of fused-ring (bicyclic) bond motifs is 1. The predicted octanol–water partition coefficient (Wildman–Crippen LogP) is 3.56. The van der Waals surface area contributed by atoms with Crippen LogP contribution < -0.4 is 16.0 Å². The van der Waals surface area contributed by atoms with E-state index in [0.717, 1.165) is 12.8 Å². The average Bonchev–Trinajstić information content (AvgIpc) is 3.45. The highest BCUT2D eigenvalue weighted by Gasteiger charge is 2.17. The van der Waals surface area contributed by atoms with Gasteiger partial charge >= 0.3 is 5.69 Å². The van der Waals surface area contributed by atoms with E-state index in [1.54, 1.807) is 0 Å². The molecular formula is C22H24ClFN6O4. The molecular weight excluding hydrogens is 467 g/mol. The summed E-state index contributed by atoms with van der Waals surface area (Å²) in [5.74, 6) is 0.439. The van der Waals surface area contributed by atoms with Crippen molar-refractivity contribution in [1.82, 2.24) is 29.2 Å². The van der Waals surface area contributed by atoms with Gasteiger partial charge in [0.2, 0.25) is 5.28 Å². The molecule has 1 N–H and O–H groups in total. The Kier molecular flexibility index (Phi) is 7.11. The maximum Gasteiger partial charge on any atom is 0.332 e. The lowest BCUT2D eigenvalue weighted by Crippen LogP contribution is -2.40. The number of aromatic amines is 1. The van der Waals surface area contributed by atoms with E-state index in [-0.39, 0.29) is 34.4 Å². The summed E-state index contributed by atoms with van der Waals surface area (Å²) in [4.78, 5) is 36.9. The van der Waals surface area contributed by atoms with Gasteiger partial charge in [-0.1, -0.05) is 18.5 Å². The number of halogens is 2. The lowest BCUT2D eigenvalue weighted by Gasteiger charge is -2.10. The number of rotatable bonds is 10. The third kappa shape index (κ3) is 4.74. The lowest BCUT2D eigenvalue weighted by molar-refractivity contribution is 0.409. The zero-order valence-electron chi connectivity index (χ0n) is 18.8. The number of unbranched alkanes of at least 4 members (excludes halogenated alkanes) is 2. The molecule has 0 aliphatic heterocycles. The van der Waals surface area contributed by atoms with Gasteiger partial charge in [0.15, 0.2) is 17.0 Å². The van der Waals surface area contributed by atoms with Crippen LogP contribution in [0.2, 0.25) is 5.28 Å². The smallest absolute Gasteiger partial charge is 0.332 e. The molecule has 4 rings (SSSR count). The minimum atomic E-state index is -0.496. The van der Waals surface area contributed by atoms with Crippen LogP contribution in [0.4, 0.5) is 4.39 Å². The van der Waals surface area contributed by atoms with Crippen LogP contribution in [0.3, 0.4) is 0 Å². The number of nitrogens with one attached hydrogen (secondary N) is 1. The first-order chi connectivity index (χ1) is 16.4. The minimum absolute atomic E-state index is 0.0583. The Morgan fingerprint density at radius 3 is 2.71 bits per heavy atom. The highest BCUT2D eigenvalue weighted by atomic mass is 35.5. The molecule has 0 fully saturated rings. The number of nitrogens with zero attached hydrogens (tertiary/aromatic N) is 5. The van der Waals surface area contributed by atoms with Gasteiger partial charge in [-0.2, -0.15) is 9.97 Å². The first kappa shape index (κ1) is 23.7. The minimum Gasteiger partial charge on any atom is -0.497 e. The van der Waals surface area contributed by atoms with Crippen molar-refractivity contribution in [2.45, 2.75) is 52.1 Å². The molecule has 0 saturated heterocycles. The van der Waals surface area contributed by atoms with Gasteiger partial charge < -0.3 is 14.2 Å². The highest BCUT2D eigenvalue weighted by molar-refractivity contribution is 6.28. The van der Waals surface area contributed by atoms with Gasteiger partial charge in [0.1, 0.15) is 11.6 Å². The largest absolute Gasteiger partial charge is 0.497 e. The summed E-state index contributed by atoms with van der Waals surface area (Å²) >= 11 is 5.95.